The number of amides is 1. The van der Waals surface area contributed by atoms with Crippen LogP contribution in [0.3, 0.4) is 0 Å². The predicted molar refractivity (Wildman–Crippen MR) is 118 cm³/mol. The third-order valence-electron chi connectivity index (χ3n) is 5.73. The monoisotopic (exact) mass is 449 g/mol. The Labute approximate surface area is 188 Å². The molecule has 4 heterocycles. The van der Waals surface area contributed by atoms with Gasteiger partial charge in [-0.2, -0.15) is 5.10 Å². The van der Waals surface area contributed by atoms with Gasteiger partial charge in [0.2, 0.25) is 0 Å². The van der Waals surface area contributed by atoms with Crippen LogP contribution in [0.2, 0.25) is 0 Å². The minimum Gasteiger partial charge on any atom is -0.349 e. The zero-order valence-corrected chi connectivity index (χ0v) is 18.0. The first kappa shape index (κ1) is 20.9. The van der Waals surface area contributed by atoms with Crippen LogP contribution in [0.5, 0.6) is 0 Å². The number of carbonyl (C=O) groups excluding carboxylic acids is 1. The van der Waals surface area contributed by atoms with Crippen LogP contribution in [0.1, 0.15) is 42.4 Å². The van der Waals surface area contributed by atoms with Crippen molar-refractivity contribution in [2.24, 2.45) is 5.41 Å². The van der Waals surface area contributed by atoms with Crippen LogP contribution in [0.4, 0.5) is 20.3 Å². The maximum absolute atomic E-state index is 14.6. The second kappa shape index (κ2) is 7.88. The summed E-state index contributed by atoms with van der Waals surface area (Å²) in [7, 11) is 0. The lowest BCUT2D eigenvalue weighted by molar-refractivity contribution is 0.102. The van der Waals surface area contributed by atoms with Crippen LogP contribution in [-0.2, 0) is 0 Å². The van der Waals surface area contributed by atoms with Gasteiger partial charge >= 0.3 is 0 Å². The maximum Gasteiger partial charge on any atom is 0.276 e. The van der Waals surface area contributed by atoms with Gasteiger partial charge in [-0.15, -0.1) is 0 Å². The number of carbonyl (C=O) groups is 1. The molecule has 1 N–H and O–H groups in total. The van der Waals surface area contributed by atoms with Gasteiger partial charge in [-0.1, -0.05) is 13.8 Å². The molecule has 1 amide bonds. The molecule has 0 radical (unpaired) electrons. The van der Waals surface area contributed by atoms with E-state index in [0.29, 0.717) is 35.7 Å². The highest BCUT2D eigenvalue weighted by atomic mass is 19.1. The van der Waals surface area contributed by atoms with E-state index in [9.17, 15) is 13.6 Å². The van der Waals surface area contributed by atoms with Gasteiger partial charge in [0.25, 0.3) is 5.91 Å². The van der Waals surface area contributed by atoms with Crippen molar-refractivity contribution in [3.05, 3.63) is 78.1 Å². The first-order valence-corrected chi connectivity index (χ1v) is 10.4. The Bertz CT molecular complexity index is 1340. The van der Waals surface area contributed by atoms with Crippen LogP contribution < -0.4 is 10.2 Å². The van der Waals surface area contributed by atoms with Crippen LogP contribution >= 0.6 is 0 Å². The highest BCUT2D eigenvalue weighted by molar-refractivity contribution is 6.04. The van der Waals surface area contributed by atoms with Gasteiger partial charge < -0.3 is 10.2 Å². The molecule has 3 aromatic heterocycles. The van der Waals surface area contributed by atoms with E-state index in [1.165, 1.54) is 35.4 Å². The molecule has 0 bridgehead atoms. The summed E-state index contributed by atoms with van der Waals surface area (Å²) in [6, 6.07) is 4.91. The quantitative estimate of drug-likeness (QED) is 0.506. The van der Waals surface area contributed by atoms with Crippen LogP contribution in [0.25, 0.3) is 5.65 Å². The van der Waals surface area contributed by atoms with E-state index >= 15 is 0 Å². The fourth-order valence-corrected chi connectivity index (χ4v) is 4.27. The summed E-state index contributed by atoms with van der Waals surface area (Å²) in [5.41, 5.74) is 1.15. The summed E-state index contributed by atoms with van der Waals surface area (Å²) in [6.07, 6.45) is 8.13. The molecule has 1 atom stereocenters. The van der Waals surface area contributed by atoms with Crippen LogP contribution in [0.15, 0.2) is 55.2 Å². The first-order chi connectivity index (χ1) is 15.8. The van der Waals surface area contributed by atoms with E-state index in [1.807, 2.05) is 4.90 Å². The van der Waals surface area contributed by atoms with Gasteiger partial charge in [0, 0.05) is 30.7 Å². The SMILES string of the molecule is CC1(C)C[C@H](c2cc(F)ccc2F)N(c2ccn3ncc(NC(=O)c4cnccn4)c3n2)C1. The van der Waals surface area contributed by atoms with E-state index in [1.54, 1.807) is 12.3 Å². The van der Waals surface area contributed by atoms with Crippen molar-refractivity contribution >= 4 is 23.1 Å². The normalized spacial score (nSPS) is 17.5. The topological polar surface area (TPSA) is 88.3 Å². The molecule has 1 aliphatic rings. The first-order valence-electron chi connectivity index (χ1n) is 10.4. The summed E-state index contributed by atoms with van der Waals surface area (Å²) in [6.45, 7) is 4.77. The molecule has 10 heteroatoms. The third kappa shape index (κ3) is 3.99. The minimum absolute atomic E-state index is 0.138. The summed E-state index contributed by atoms with van der Waals surface area (Å²) in [4.78, 5) is 27.1. The number of nitrogens with one attached hydrogen (secondary N) is 1. The van der Waals surface area contributed by atoms with Crippen LogP contribution in [0, 0.1) is 17.0 Å². The van der Waals surface area contributed by atoms with E-state index in [-0.39, 0.29) is 17.2 Å². The number of rotatable bonds is 4. The molecule has 1 fully saturated rings. The van der Waals surface area contributed by atoms with Gasteiger partial charge in [0.05, 0.1) is 18.4 Å². The molecule has 168 valence electrons. The molecule has 8 nitrogen and oxygen atoms in total. The van der Waals surface area contributed by atoms with E-state index in [2.05, 4.69) is 34.2 Å². The molecule has 1 aromatic carbocycles. The van der Waals surface area contributed by atoms with Gasteiger partial charge in [0.1, 0.15) is 28.8 Å². The Morgan fingerprint density at radius 2 is 2.03 bits per heavy atom. The standard InChI is InChI=1S/C23H21F2N7O/c1-23(2)10-19(15-9-14(24)3-4-16(15)25)31(13-23)20-5-8-32-21(30-20)17(12-28-32)29-22(33)18-11-26-6-7-27-18/h3-9,11-12,19H,10,13H2,1-2H3,(H,29,33)/t19-/m1/s1. The highest BCUT2D eigenvalue weighted by Crippen LogP contribution is 2.45. The molecule has 33 heavy (non-hydrogen) atoms. The summed E-state index contributed by atoms with van der Waals surface area (Å²) < 4.78 is 30.1. The maximum atomic E-state index is 14.6. The second-order valence-corrected chi connectivity index (χ2v) is 8.83. The average Bonchev–Trinajstić information content (AvgIpc) is 3.35. The number of fused-ring (bicyclic) bond motifs is 1. The summed E-state index contributed by atoms with van der Waals surface area (Å²) >= 11 is 0. The zero-order valence-electron chi connectivity index (χ0n) is 18.0. The van der Waals surface area contributed by atoms with Crippen molar-refractivity contribution in [2.75, 3.05) is 16.8 Å². The Balaban J connectivity index is 1.51. The second-order valence-electron chi connectivity index (χ2n) is 8.83. The van der Waals surface area contributed by atoms with Crippen molar-refractivity contribution in [1.29, 1.82) is 0 Å². The van der Waals surface area contributed by atoms with Gasteiger partial charge in [0.15, 0.2) is 5.65 Å². The molecule has 0 aliphatic carbocycles. The molecular weight excluding hydrogens is 428 g/mol. The molecule has 5 rings (SSSR count). The van der Waals surface area contributed by atoms with Crippen molar-refractivity contribution in [2.45, 2.75) is 26.3 Å². The zero-order chi connectivity index (χ0) is 23.2. The van der Waals surface area contributed by atoms with E-state index in [0.717, 1.165) is 12.1 Å². The van der Waals surface area contributed by atoms with Gasteiger partial charge in [-0.05, 0) is 36.1 Å². The number of anilines is 2. The number of halogens is 2. The predicted octanol–water partition coefficient (Wildman–Crippen LogP) is 4.03. The third-order valence-corrected chi connectivity index (χ3v) is 5.73. The Morgan fingerprint density at radius 1 is 1.18 bits per heavy atom. The van der Waals surface area contributed by atoms with Crippen molar-refractivity contribution in [3.63, 3.8) is 0 Å². The molecule has 0 saturated carbocycles. The minimum atomic E-state index is -0.482. The number of hydrogen-bond acceptors (Lipinski definition) is 6. The Hall–Kier alpha value is -3.95. The number of aromatic nitrogens is 5. The van der Waals surface area contributed by atoms with Crippen molar-refractivity contribution in [3.8, 4) is 0 Å². The van der Waals surface area contributed by atoms with Crippen molar-refractivity contribution < 1.29 is 13.6 Å². The number of hydrogen-bond donors (Lipinski definition) is 1. The lowest BCUT2D eigenvalue weighted by Crippen LogP contribution is -2.26. The molecule has 1 aliphatic heterocycles. The van der Waals surface area contributed by atoms with E-state index in [4.69, 9.17) is 4.98 Å². The van der Waals surface area contributed by atoms with Crippen molar-refractivity contribution in [1.82, 2.24) is 24.6 Å². The molecule has 0 spiro atoms. The lowest BCUT2D eigenvalue weighted by Gasteiger charge is -2.26. The summed E-state index contributed by atoms with van der Waals surface area (Å²) in [5.74, 6) is -0.792. The average molecular weight is 449 g/mol. The Morgan fingerprint density at radius 3 is 2.82 bits per heavy atom. The Kier molecular flexibility index (Phi) is 4.99. The smallest absolute Gasteiger partial charge is 0.276 e. The van der Waals surface area contributed by atoms with Gasteiger partial charge in [-0.3, -0.25) is 9.78 Å². The van der Waals surface area contributed by atoms with E-state index < -0.39 is 17.5 Å². The fraction of sp³-hybridized carbons (Fsp3) is 0.261. The van der Waals surface area contributed by atoms with Crippen LogP contribution in [-0.4, -0.2) is 37.0 Å². The molecular formula is C23H21F2N7O. The molecule has 0 unspecified atom stereocenters. The highest BCUT2D eigenvalue weighted by Gasteiger charge is 2.40. The summed E-state index contributed by atoms with van der Waals surface area (Å²) in [5, 5.41) is 7.00. The largest absolute Gasteiger partial charge is 0.349 e. The number of nitrogens with zero attached hydrogens (tertiary/aromatic N) is 6. The number of benzene rings is 1. The molecule has 4 aromatic rings. The fourth-order valence-electron chi connectivity index (χ4n) is 4.27. The van der Waals surface area contributed by atoms with Gasteiger partial charge in [-0.25, -0.2) is 23.3 Å². The molecule has 1 saturated heterocycles. The lowest BCUT2D eigenvalue weighted by atomic mass is 9.88.